The van der Waals surface area contributed by atoms with Gasteiger partial charge in [0.15, 0.2) is 0 Å². The molecule has 0 unspecified atom stereocenters. The average molecular weight is 227 g/mol. The van der Waals surface area contributed by atoms with Crippen LogP contribution in [-0.4, -0.2) is 43.0 Å². The molecule has 1 fully saturated rings. The zero-order valence-corrected chi connectivity index (χ0v) is 9.92. The van der Waals surface area contributed by atoms with Crippen molar-refractivity contribution in [2.75, 3.05) is 26.2 Å². The molecule has 0 aromatic carbocycles. The Hall–Kier alpha value is -1.10. The average Bonchev–Trinajstić information content (AvgIpc) is 2.46. The Morgan fingerprint density at radius 2 is 1.75 bits per heavy atom. The number of hydrogen-bond acceptors (Lipinski definition) is 3. The van der Waals surface area contributed by atoms with Crippen LogP contribution in [0.5, 0.6) is 0 Å². The first-order valence-corrected chi connectivity index (χ1v) is 6.02. The lowest BCUT2D eigenvalue weighted by Crippen LogP contribution is -2.44. The Morgan fingerprint density at radius 3 is 2.31 bits per heavy atom. The molecule has 5 heteroatoms. The molecule has 92 valence electrons. The number of urea groups is 1. The Kier molecular flexibility index (Phi) is 5.85. The highest BCUT2D eigenvalue weighted by Gasteiger charge is 2.14. The normalized spacial score (nSPS) is 17.6. The van der Waals surface area contributed by atoms with E-state index in [1.807, 2.05) is 6.92 Å². The summed E-state index contributed by atoms with van der Waals surface area (Å²) in [7, 11) is 0. The standard InChI is InChI=1S/C11H21N3O2/c1-2-12-11(16)13-10(15)9-14-7-5-3-4-6-8-14/h2-9H2,1H3,(H2,12,13,15,16). The van der Waals surface area contributed by atoms with Crippen molar-refractivity contribution < 1.29 is 9.59 Å². The Balaban J connectivity index is 2.24. The van der Waals surface area contributed by atoms with Crippen molar-refractivity contribution in [3.05, 3.63) is 0 Å². The number of imide groups is 1. The summed E-state index contributed by atoms with van der Waals surface area (Å²) in [6, 6.07) is -0.401. The molecule has 1 heterocycles. The highest BCUT2D eigenvalue weighted by molar-refractivity contribution is 5.95. The van der Waals surface area contributed by atoms with Crippen LogP contribution in [0.1, 0.15) is 32.6 Å². The quantitative estimate of drug-likeness (QED) is 0.746. The summed E-state index contributed by atoms with van der Waals surface area (Å²) in [6.45, 7) is 4.60. The van der Waals surface area contributed by atoms with Crippen molar-refractivity contribution in [3.63, 3.8) is 0 Å². The second kappa shape index (κ2) is 7.22. The molecule has 0 atom stereocenters. The molecule has 0 aliphatic carbocycles. The molecule has 5 nitrogen and oxygen atoms in total. The van der Waals surface area contributed by atoms with Gasteiger partial charge in [0.2, 0.25) is 5.91 Å². The van der Waals surface area contributed by atoms with E-state index < -0.39 is 6.03 Å². The van der Waals surface area contributed by atoms with Crippen LogP contribution in [0.3, 0.4) is 0 Å². The number of likely N-dealkylation sites (tertiary alicyclic amines) is 1. The summed E-state index contributed by atoms with van der Waals surface area (Å²) < 4.78 is 0. The highest BCUT2D eigenvalue weighted by atomic mass is 16.2. The van der Waals surface area contributed by atoms with Crippen molar-refractivity contribution in [1.82, 2.24) is 15.5 Å². The molecule has 0 bridgehead atoms. The minimum Gasteiger partial charge on any atom is -0.338 e. The number of rotatable bonds is 3. The maximum absolute atomic E-state index is 11.5. The van der Waals surface area contributed by atoms with Crippen LogP contribution < -0.4 is 10.6 Å². The predicted octanol–water partition coefficient (Wildman–Crippen LogP) is 0.708. The molecule has 0 spiro atoms. The summed E-state index contributed by atoms with van der Waals surface area (Å²) in [5.74, 6) is -0.215. The van der Waals surface area contributed by atoms with Gasteiger partial charge in [-0.15, -0.1) is 0 Å². The van der Waals surface area contributed by atoms with E-state index in [1.54, 1.807) is 0 Å². The summed E-state index contributed by atoms with van der Waals surface area (Å²) in [5, 5.41) is 4.85. The third-order valence-electron chi connectivity index (χ3n) is 2.66. The highest BCUT2D eigenvalue weighted by Crippen LogP contribution is 2.08. The lowest BCUT2D eigenvalue weighted by molar-refractivity contribution is -0.121. The number of carbonyl (C=O) groups excluding carboxylic acids is 2. The third-order valence-corrected chi connectivity index (χ3v) is 2.66. The lowest BCUT2D eigenvalue weighted by Gasteiger charge is -2.18. The van der Waals surface area contributed by atoms with Crippen LogP contribution >= 0.6 is 0 Å². The van der Waals surface area contributed by atoms with Crippen molar-refractivity contribution in [3.8, 4) is 0 Å². The fourth-order valence-electron chi connectivity index (χ4n) is 1.87. The van der Waals surface area contributed by atoms with Gasteiger partial charge in [-0.3, -0.25) is 15.0 Å². The number of nitrogens with zero attached hydrogens (tertiary/aromatic N) is 1. The summed E-state index contributed by atoms with van der Waals surface area (Å²) in [4.78, 5) is 24.7. The van der Waals surface area contributed by atoms with Crippen LogP contribution in [-0.2, 0) is 4.79 Å². The molecule has 0 aromatic rings. The fraction of sp³-hybridized carbons (Fsp3) is 0.818. The van der Waals surface area contributed by atoms with E-state index in [-0.39, 0.29) is 5.91 Å². The Bertz CT molecular complexity index is 235. The third kappa shape index (κ3) is 5.11. The topological polar surface area (TPSA) is 61.4 Å². The second-order valence-electron chi connectivity index (χ2n) is 4.10. The molecule has 2 N–H and O–H groups in total. The van der Waals surface area contributed by atoms with Gasteiger partial charge < -0.3 is 5.32 Å². The molecule has 16 heavy (non-hydrogen) atoms. The van der Waals surface area contributed by atoms with Gasteiger partial charge in [-0.05, 0) is 32.9 Å². The Labute approximate surface area is 96.6 Å². The fourth-order valence-corrected chi connectivity index (χ4v) is 1.87. The van der Waals surface area contributed by atoms with Crippen LogP contribution in [0.15, 0.2) is 0 Å². The maximum Gasteiger partial charge on any atom is 0.321 e. The van der Waals surface area contributed by atoms with Crippen molar-refractivity contribution >= 4 is 11.9 Å². The first-order valence-electron chi connectivity index (χ1n) is 6.02. The van der Waals surface area contributed by atoms with Crippen molar-refractivity contribution in [2.45, 2.75) is 32.6 Å². The first-order chi connectivity index (χ1) is 7.72. The monoisotopic (exact) mass is 227 g/mol. The van der Waals surface area contributed by atoms with Gasteiger partial charge in [-0.2, -0.15) is 0 Å². The van der Waals surface area contributed by atoms with Gasteiger partial charge in [-0.25, -0.2) is 4.79 Å². The van der Waals surface area contributed by atoms with Gasteiger partial charge in [-0.1, -0.05) is 12.8 Å². The van der Waals surface area contributed by atoms with Gasteiger partial charge in [0.05, 0.1) is 6.54 Å². The molecule has 0 saturated carbocycles. The summed E-state index contributed by atoms with van der Waals surface area (Å²) in [5.41, 5.74) is 0. The molecule has 1 rings (SSSR count). The number of nitrogens with one attached hydrogen (secondary N) is 2. The van der Waals surface area contributed by atoms with E-state index in [9.17, 15) is 9.59 Å². The van der Waals surface area contributed by atoms with Gasteiger partial charge in [0, 0.05) is 6.54 Å². The van der Waals surface area contributed by atoms with E-state index in [0.717, 1.165) is 25.9 Å². The van der Waals surface area contributed by atoms with E-state index in [1.165, 1.54) is 12.8 Å². The van der Waals surface area contributed by atoms with Gasteiger partial charge in [0.1, 0.15) is 0 Å². The van der Waals surface area contributed by atoms with Crippen molar-refractivity contribution in [2.24, 2.45) is 0 Å². The summed E-state index contributed by atoms with van der Waals surface area (Å²) >= 11 is 0. The molecule has 3 amide bonds. The number of carbonyl (C=O) groups is 2. The van der Waals surface area contributed by atoms with Gasteiger partial charge in [0.25, 0.3) is 0 Å². The largest absolute Gasteiger partial charge is 0.338 e. The van der Waals surface area contributed by atoms with E-state index >= 15 is 0 Å². The zero-order chi connectivity index (χ0) is 11.8. The molecule has 1 aliphatic rings. The predicted molar refractivity (Wildman–Crippen MR) is 62.1 cm³/mol. The summed E-state index contributed by atoms with van der Waals surface area (Å²) in [6.07, 6.45) is 4.78. The molecular formula is C11H21N3O2. The van der Waals surface area contributed by atoms with Crippen LogP contribution in [0.25, 0.3) is 0 Å². The van der Waals surface area contributed by atoms with E-state index in [4.69, 9.17) is 0 Å². The molecule has 1 aliphatic heterocycles. The molecule has 0 aromatic heterocycles. The van der Waals surface area contributed by atoms with Crippen LogP contribution in [0.2, 0.25) is 0 Å². The van der Waals surface area contributed by atoms with Gasteiger partial charge >= 0.3 is 6.03 Å². The van der Waals surface area contributed by atoms with Crippen LogP contribution in [0, 0.1) is 0 Å². The Morgan fingerprint density at radius 1 is 1.12 bits per heavy atom. The molecular weight excluding hydrogens is 206 g/mol. The van der Waals surface area contributed by atoms with Crippen molar-refractivity contribution in [1.29, 1.82) is 0 Å². The first kappa shape index (κ1) is 13.0. The maximum atomic E-state index is 11.5. The molecule has 1 saturated heterocycles. The minimum absolute atomic E-state index is 0.215. The second-order valence-corrected chi connectivity index (χ2v) is 4.10. The van der Waals surface area contributed by atoms with E-state index in [2.05, 4.69) is 15.5 Å². The minimum atomic E-state index is -0.401. The van der Waals surface area contributed by atoms with E-state index in [0.29, 0.717) is 13.1 Å². The lowest BCUT2D eigenvalue weighted by atomic mass is 10.2. The zero-order valence-electron chi connectivity index (χ0n) is 9.92. The number of amides is 3. The molecule has 0 radical (unpaired) electrons. The number of hydrogen-bond donors (Lipinski definition) is 2. The SMILES string of the molecule is CCNC(=O)NC(=O)CN1CCCCCC1. The van der Waals surface area contributed by atoms with Crippen LogP contribution in [0.4, 0.5) is 4.79 Å². The smallest absolute Gasteiger partial charge is 0.321 e.